The molecular formula is C13H18F6N2O. The average Bonchev–Trinajstić information content (AvgIpc) is 2.66. The number of rotatable bonds is 3. The first-order chi connectivity index (χ1) is 10.0. The molecule has 128 valence electrons. The Morgan fingerprint density at radius 3 is 2.36 bits per heavy atom. The second-order valence-electron chi connectivity index (χ2n) is 6.06. The van der Waals surface area contributed by atoms with Gasteiger partial charge in [0.25, 0.3) is 0 Å². The van der Waals surface area contributed by atoms with Gasteiger partial charge in [-0.2, -0.15) is 26.3 Å². The first kappa shape index (κ1) is 17.4. The molecule has 2 rings (SSSR count). The Labute approximate surface area is 124 Å². The number of carbonyl (C=O) groups excluding carboxylic acids is 1. The monoisotopic (exact) mass is 332 g/mol. The molecule has 3 atom stereocenters. The number of nitrogens with one attached hydrogen (secondary N) is 1. The third-order valence-corrected chi connectivity index (χ3v) is 4.19. The van der Waals surface area contributed by atoms with Crippen molar-refractivity contribution in [3.05, 3.63) is 0 Å². The Bertz CT molecular complexity index is 408. The van der Waals surface area contributed by atoms with E-state index in [4.69, 9.17) is 0 Å². The first-order valence-corrected chi connectivity index (χ1v) is 7.22. The summed E-state index contributed by atoms with van der Waals surface area (Å²) in [4.78, 5) is 12.2. The van der Waals surface area contributed by atoms with Crippen molar-refractivity contribution in [2.24, 2.45) is 5.92 Å². The van der Waals surface area contributed by atoms with E-state index >= 15 is 0 Å². The zero-order valence-corrected chi connectivity index (χ0v) is 11.8. The van der Waals surface area contributed by atoms with E-state index in [-0.39, 0.29) is 25.8 Å². The van der Waals surface area contributed by atoms with Crippen molar-refractivity contribution in [1.82, 2.24) is 10.2 Å². The van der Waals surface area contributed by atoms with Gasteiger partial charge in [-0.05, 0) is 19.3 Å². The number of hydrogen-bond donors (Lipinski definition) is 1. The second-order valence-corrected chi connectivity index (χ2v) is 6.06. The lowest BCUT2D eigenvalue weighted by Gasteiger charge is -2.32. The first-order valence-electron chi connectivity index (χ1n) is 7.22. The third-order valence-electron chi connectivity index (χ3n) is 4.19. The van der Waals surface area contributed by atoms with Crippen molar-refractivity contribution in [2.45, 2.75) is 56.5 Å². The SMILES string of the molecule is O=C1C[C@H](N[C@H]2CCC[C@@H](C(F)(F)F)C2)CN1CC(F)(F)F. The molecule has 0 aromatic carbocycles. The molecule has 1 saturated heterocycles. The van der Waals surface area contributed by atoms with Crippen molar-refractivity contribution in [3.8, 4) is 0 Å². The van der Waals surface area contributed by atoms with E-state index in [9.17, 15) is 31.1 Å². The molecule has 2 fully saturated rings. The van der Waals surface area contributed by atoms with E-state index in [1.54, 1.807) is 0 Å². The van der Waals surface area contributed by atoms with E-state index < -0.39 is 42.8 Å². The van der Waals surface area contributed by atoms with Crippen LogP contribution >= 0.6 is 0 Å². The highest BCUT2D eigenvalue weighted by Crippen LogP contribution is 2.37. The minimum Gasteiger partial charge on any atom is -0.332 e. The van der Waals surface area contributed by atoms with Crippen LogP contribution in [0.25, 0.3) is 0 Å². The number of hydrogen-bond acceptors (Lipinski definition) is 2. The summed E-state index contributed by atoms with van der Waals surface area (Å²) >= 11 is 0. The maximum atomic E-state index is 12.7. The zero-order chi connectivity index (χ0) is 16.5. The molecule has 1 aliphatic heterocycles. The number of alkyl halides is 6. The summed E-state index contributed by atoms with van der Waals surface area (Å²) in [5, 5.41) is 2.94. The Kier molecular flexibility index (Phi) is 4.93. The van der Waals surface area contributed by atoms with Gasteiger partial charge in [0.15, 0.2) is 0 Å². The Balaban J connectivity index is 1.85. The molecule has 1 saturated carbocycles. The largest absolute Gasteiger partial charge is 0.406 e. The van der Waals surface area contributed by atoms with Crippen LogP contribution in [0.4, 0.5) is 26.3 Å². The number of likely N-dealkylation sites (tertiary alicyclic amines) is 1. The van der Waals surface area contributed by atoms with Crippen LogP contribution in [0.1, 0.15) is 32.1 Å². The number of nitrogens with zero attached hydrogens (tertiary/aromatic N) is 1. The minimum atomic E-state index is -4.46. The number of halogens is 6. The fraction of sp³-hybridized carbons (Fsp3) is 0.923. The molecule has 3 nitrogen and oxygen atoms in total. The van der Waals surface area contributed by atoms with Gasteiger partial charge in [-0.1, -0.05) is 6.42 Å². The van der Waals surface area contributed by atoms with Crippen LogP contribution in [0.3, 0.4) is 0 Å². The predicted octanol–water partition coefficient (Wildman–Crippen LogP) is 2.86. The smallest absolute Gasteiger partial charge is 0.332 e. The summed E-state index contributed by atoms with van der Waals surface area (Å²) in [5.74, 6) is -1.99. The summed E-state index contributed by atoms with van der Waals surface area (Å²) in [7, 11) is 0. The molecule has 0 unspecified atom stereocenters. The molecule has 0 spiro atoms. The Morgan fingerprint density at radius 2 is 1.77 bits per heavy atom. The molecule has 1 aliphatic carbocycles. The molecule has 2 aliphatic rings. The molecule has 9 heteroatoms. The van der Waals surface area contributed by atoms with Gasteiger partial charge in [0, 0.05) is 25.0 Å². The zero-order valence-electron chi connectivity index (χ0n) is 11.8. The second kappa shape index (κ2) is 6.25. The fourth-order valence-corrected chi connectivity index (χ4v) is 3.22. The standard InChI is InChI=1S/C13H18F6N2O/c14-12(15,16)7-21-6-10(5-11(21)22)20-9-3-1-2-8(4-9)13(17,18)19/h8-10,20H,1-7H2/t8-,9+,10+/m1/s1. The van der Waals surface area contributed by atoms with Gasteiger partial charge in [0.05, 0.1) is 5.92 Å². The summed E-state index contributed by atoms with van der Waals surface area (Å²) in [6.45, 7) is -1.41. The summed E-state index contributed by atoms with van der Waals surface area (Å²) in [6.07, 6.45) is -7.81. The lowest BCUT2D eigenvalue weighted by atomic mass is 9.85. The van der Waals surface area contributed by atoms with Crippen molar-refractivity contribution in [2.75, 3.05) is 13.1 Å². The van der Waals surface area contributed by atoms with Crippen molar-refractivity contribution in [3.63, 3.8) is 0 Å². The maximum Gasteiger partial charge on any atom is 0.406 e. The average molecular weight is 332 g/mol. The van der Waals surface area contributed by atoms with Crippen LogP contribution in [0.15, 0.2) is 0 Å². The van der Waals surface area contributed by atoms with Gasteiger partial charge < -0.3 is 10.2 Å². The van der Waals surface area contributed by atoms with Gasteiger partial charge in [-0.25, -0.2) is 0 Å². The minimum absolute atomic E-state index is 0.0759. The van der Waals surface area contributed by atoms with Crippen molar-refractivity contribution >= 4 is 5.91 Å². The van der Waals surface area contributed by atoms with Crippen LogP contribution in [0, 0.1) is 5.92 Å². The predicted molar refractivity (Wildman–Crippen MR) is 66.0 cm³/mol. The molecule has 22 heavy (non-hydrogen) atoms. The summed E-state index contributed by atoms with van der Waals surface area (Å²) < 4.78 is 75.1. The van der Waals surface area contributed by atoms with E-state index in [0.29, 0.717) is 17.7 Å². The Morgan fingerprint density at radius 1 is 1.09 bits per heavy atom. The highest BCUT2D eigenvalue weighted by molar-refractivity contribution is 5.79. The quantitative estimate of drug-likeness (QED) is 0.806. The van der Waals surface area contributed by atoms with E-state index in [1.165, 1.54) is 0 Å². The van der Waals surface area contributed by atoms with Gasteiger partial charge in [-0.15, -0.1) is 0 Å². The van der Waals surface area contributed by atoms with Crippen LogP contribution in [0.2, 0.25) is 0 Å². The van der Waals surface area contributed by atoms with E-state index in [2.05, 4.69) is 5.32 Å². The molecule has 1 N–H and O–H groups in total. The molecule has 0 aromatic rings. The van der Waals surface area contributed by atoms with Gasteiger partial charge in [-0.3, -0.25) is 4.79 Å². The molecular weight excluding hydrogens is 314 g/mol. The molecule has 0 aromatic heterocycles. The van der Waals surface area contributed by atoms with Crippen LogP contribution < -0.4 is 5.32 Å². The highest BCUT2D eigenvalue weighted by Gasteiger charge is 2.43. The van der Waals surface area contributed by atoms with Crippen molar-refractivity contribution in [1.29, 1.82) is 0 Å². The topological polar surface area (TPSA) is 32.3 Å². The third kappa shape index (κ3) is 4.76. The summed E-state index contributed by atoms with van der Waals surface area (Å²) in [5.41, 5.74) is 0. The highest BCUT2D eigenvalue weighted by atomic mass is 19.4. The Hall–Kier alpha value is -0.990. The van der Waals surface area contributed by atoms with Crippen molar-refractivity contribution < 1.29 is 31.1 Å². The van der Waals surface area contributed by atoms with E-state index in [1.807, 2.05) is 0 Å². The molecule has 0 bridgehead atoms. The van der Waals surface area contributed by atoms with Crippen LogP contribution in [0.5, 0.6) is 0 Å². The molecule has 1 amide bonds. The normalized spacial score (nSPS) is 30.9. The number of carbonyl (C=O) groups is 1. The molecule has 0 radical (unpaired) electrons. The summed E-state index contributed by atoms with van der Waals surface area (Å²) in [6, 6.07) is -0.907. The number of amides is 1. The van der Waals surface area contributed by atoms with Gasteiger partial charge >= 0.3 is 12.4 Å². The lowest BCUT2D eigenvalue weighted by Crippen LogP contribution is -2.45. The van der Waals surface area contributed by atoms with Gasteiger partial charge in [0.1, 0.15) is 6.54 Å². The molecule has 1 heterocycles. The van der Waals surface area contributed by atoms with Gasteiger partial charge in [0.2, 0.25) is 5.91 Å². The lowest BCUT2D eigenvalue weighted by molar-refractivity contribution is -0.183. The fourth-order valence-electron chi connectivity index (χ4n) is 3.22. The maximum absolute atomic E-state index is 12.7. The van der Waals surface area contributed by atoms with Crippen LogP contribution in [-0.2, 0) is 4.79 Å². The van der Waals surface area contributed by atoms with Crippen LogP contribution in [-0.4, -0.2) is 48.3 Å². The van der Waals surface area contributed by atoms with E-state index in [0.717, 1.165) is 0 Å².